The minimum absolute atomic E-state index is 0.206. The molecule has 0 saturated heterocycles. The van der Waals surface area contributed by atoms with E-state index in [1.54, 1.807) is 12.3 Å². The Bertz CT molecular complexity index is 845. The van der Waals surface area contributed by atoms with Crippen molar-refractivity contribution in [2.24, 2.45) is 0 Å². The van der Waals surface area contributed by atoms with E-state index in [0.29, 0.717) is 5.69 Å². The molecule has 0 unspecified atom stereocenters. The number of pyridine rings is 1. The molecule has 1 N–H and O–H groups in total. The molecule has 126 valence electrons. The van der Waals surface area contributed by atoms with Crippen LogP contribution in [0.1, 0.15) is 21.6 Å². The molecule has 2 aromatic carbocycles. The lowest BCUT2D eigenvalue weighted by molar-refractivity contribution is 0.102. The van der Waals surface area contributed by atoms with Crippen LogP contribution < -0.4 is 10.2 Å². The van der Waals surface area contributed by atoms with Crippen molar-refractivity contribution in [2.75, 3.05) is 17.3 Å². The summed E-state index contributed by atoms with van der Waals surface area (Å²) in [7, 11) is 2.01. The minimum Gasteiger partial charge on any atom is -0.369 e. The number of hydrogen-bond donors (Lipinski definition) is 1. The molecule has 1 heterocycles. The molecule has 25 heavy (non-hydrogen) atoms. The summed E-state index contributed by atoms with van der Waals surface area (Å²) in [5.74, 6) is -0.206. The fourth-order valence-corrected chi connectivity index (χ4v) is 2.61. The minimum atomic E-state index is -0.206. The van der Waals surface area contributed by atoms with E-state index in [1.807, 2.05) is 62.5 Å². The Morgan fingerprint density at radius 3 is 2.52 bits per heavy atom. The van der Waals surface area contributed by atoms with Crippen LogP contribution in [0, 0.1) is 6.92 Å². The Hall–Kier alpha value is -3.14. The molecular formula is C21H21N3O. The van der Waals surface area contributed by atoms with Gasteiger partial charge in [-0.15, -0.1) is 0 Å². The highest BCUT2D eigenvalue weighted by Crippen LogP contribution is 2.16. The number of carbonyl (C=O) groups is 1. The van der Waals surface area contributed by atoms with E-state index in [0.717, 1.165) is 23.5 Å². The largest absolute Gasteiger partial charge is 0.369 e. The zero-order chi connectivity index (χ0) is 17.6. The van der Waals surface area contributed by atoms with Crippen molar-refractivity contribution in [3.8, 4) is 0 Å². The summed E-state index contributed by atoms with van der Waals surface area (Å²) < 4.78 is 0. The molecule has 1 amide bonds. The topological polar surface area (TPSA) is 45.2 Å². The lowest BCUT2D eigenvalue weighted by atomic mass is 10.2. The van der Waals surface area contributed by atoms with E-state index in [4.69, 9.17) is 0 Å². The van der Waals surface area contributed by atoms with Gasteiger partial charge in [0.15, 0.2) is 0 Å². The third kappa shape index (κ3) is 4.44. The van der Waals surface area contributed by atoms with Gasteiger partial charge in [-0.1, -0.05) is 42.5 Å². The number of nitrogens with one attached hydrogen (secondary N) is 1. The van der Waals surface area contributed by atoms with Crippen molar-refractivity contribution in [2.45, 2.75) is 13.5 Å². The Labute approximate surface area is 148 Å². The monoisotopic (exact) mass is 331 g/mol. The highest BCUT2D eigenvalue weighted by molar-refractivity contribution is 6.02. The van der Waals surface area contributed by atoms with Crippen LogP contribution in [-0.4, -0.2) is 17.9 Å². The van der Waals surface area contributed by atoms with Crippen LogP contribution in [0.15, 0.2) is 72.9 Å². The Balaban J connectivity index is 1.66. The standard InChI is InChI=1S/C21H21N3O/c1-16-7-6-10-18(13-16)23-21(25)20-12-11-19(14-22-20)24(2)15-17-8-4-3-5-9-17/h3-14H,15H2,1-2H3,(H,23,25). The van der Waals surface area contributed by atoms with Crippen molar-refractivity contribution in [3.63, 3.8) is 0 Å². The average molecular weight is 331 g/mol. The second-order valence-electron chi connectivity index (χ2n) is 6.07. The third-order valence-corrected chi connectivity index (χ3v) is 3.96. The van der Waals surface area contributed by atoms with Crippen molar-refractivity contribution in [1.82, 2.24) is 4.98 Å². The van der Waals surface area contributed by atoms with E-state index < -0.39 is 0 Å². The molecule has 0 aliphatic rings. The molecule has 0 radical (unpaired) electrons. The molecule has 1 aromatic heterocycles. The molecule has 0 saturated carbocycles. The van der Waals surface area contributed by atoms with Gasteiger partial charge in [0, 0.05) is 19.3 Å². The van der Waals surface area contributed by atoms with E-state index in [2.05, 4.69) is 27.3 Å². The van der Waals surface area contributed by atoms with Crippen molar-refractivity contribution in [3.05, 3.63) is 89.7 Å². The predicted octanol–water partition coefficient (Wildman–Crippen LogP) is 4.28. The first kappa shape index (κ1) is 16.7. The first-order chi connectivity index (χ1) is 12.1. The Kier molecular flexibility index (Phi) is 5.09. The van der Waals surface area contributed by atoms with Crippen LogP contribution in [0.5, 0.6) is 0 Å². The molecule has 0 fully saturated rings. The smallest absolute Gasteiger partial charge is 0.274 e. The van der Waals surface area contributed by atoms with Gasteiger partial charge in [0.1, 0.15) is 5.69 Å². The van der Waals surface area contributed by atoms with E-state index in [1.165, 1.54) is 5.56 Å². The van der Waals surface area contributed by atoms with Gasteiger partial charge in [0.2, 0.25) is 0 Å². The number of rotatable bonds is 5. The van der Waals surface area contributed by atoms with Crippen molar-refractivity contribution < 1.29 is 4.79 Å². The van der Waals surface area contributed by atoms with E-state index in [9.17, 15) is 4.79 Å². The van der Waals surface area contributed by atoms with E-state index in [-0.39, 0.29) is 5.91 Å². The quantitative estimate of drug-likeness (QED) is 0.759. The number of amides is 1. The molecule has 4 nitrogen and oxygen atoms in total. The molecule has 0 aliphatic carbocycles. The Morgan fingerprint density at radius 1 is 1.04 bits per heavy atom. The normalized spacial score (nSPS) is 10.3. The number of anilines is 2. The van der Waals surface area contributed by atoms with Crippen LogP contribution in [0.3, 0.4) is 0 Å². The van der Waals surface area contributed by atoms with Crippen LogP contribution in [0.2, 0.25) is 0 Å². The number of aromatic nitrogens is 1. The van der Waals surface area contributed by atoms with Crippen molar-refractivity contribution >= 4 is 17.3 Å². The van der Waals surface area contributed by atoms with Gasteiger partial charge < -0.3 is 10.2 Å². The summed E-state index contributed by atoms with van der Waals surface area (Å²) in [5.41, 5.74) is 4.47. The summed E-state index contributed by atoms with van der Waals surface area (Å²) in [6, 6.07) is 21.6. The first-order valence-electron chi connectivity index (χ1n) is 8.21. The molecule has 3 rings (SSSR count). The number of aryl methyl sites for hydroxylation is 1. The summed E-state index contributed by atoms with van der Waals surface area (Å²) in [5, 5.41) is 2.87. The van der Waals surface area contributed by atoms with Gasteiger partial charge in [-0.3, -0.25) is 4.79 Å². The van der Waals surface area contributed by atoms with Crippen LogP contribution >= 0.6 is 0 Å². The maximum absolute atomic E-state index is 12.3. The van der Waals surface area contributed by atoms with Gasteiger partial charge >= 0.3 is 0 Å². The summed E-state index contributed by atoms with van der Waals surface area (Å²) in [4.78, 5) is 18.7. The molecular weight excluding hydrogens is 310 g/mol. The summed E-state index contributed by atoms with van der Waals surface area (Å²) in [6.07, 6.45) is 1.73. The molecule has 0 spiro atoms. The van der Waals surface area contributed by atoms with E-state index >= 15 is 0 Å². The first-order valence-corrected chi connectivity index (χ1v) is 8.21. The Morgan fingerprint density at radius 2 is 1.84 bits per heavy atom. The van der Waals surface area contributed by atoms with Crippen molar-refractivity contribution in [1.29, 1.82) is 0 Å². The van der Waals surface area contributed by atoms with Gasteiger partial charge in [0.05, 0.1) is 11.9 Å². The lowest BCUT2D eigenvalue weighted by Crippen LogP contribution is -2.18. The zero-order valence-electron chi connectivity index (χ0n) is 14.4. The maximum Gasteiger partial charge on any atom is 0.274 e. The highest BCUT2D eigenvalue weighted by Gasteiger charge is 2.09. The summed E-state index contributed by atoms with van der Waals surface area (Å²) in [6.45, 7) is 2.78. The van der Waals surface area contributed by atoms with Gasteiger partial charge in [-0.05, 0) is 42.3 Å². The average Bonchev–Trinajstić information content (AvgIpc) is 2.62. The molecule has 0 atom stereocenters. The third-order valence-electron chi connectivity index (χ3n) is 3.96. The van der Waals surface area contributed by atoms with Gasteiger partial charge in [0.25, 0.3) is 5.91 Å². The number of benzene rings is 2. The lowest BCUT2D eigenvalue weighted by Gasteiger charge is -2.19. The maximum atomic E-state index is 12.3. The highest BCUT2D eigenvalue weighted by atomic mass is 16.1. The number of hydrogen-bond acceptors (Lipinski definition) is 3. The predicted molar refractivity (Wildman–Crippen MR) is 102 cm³/mol. The molecule has 3 aromatic rings. The number of nitrogens with zero attached hydrogens (tertiary/aromatic N) is 2. The van der Waals surface area contributed by atoms with Gasteiger partial charge in [-0.2, -0.15) is 0 Å². The molecule has 4 heteroatoms. The second-order valence-corrected chi connectivity index (χ2v) is 6.07. The molecule has 0 aliphatic heterocycles. The summed E-state index contributed by atoms with van der Waals surface area (Å²) >= 11 is 0. The van der Waals surface area contributed by atoms with Crippen LogP contribution in [-0.2, 0) is 6.54 Å². The van der Waals surface area contributed by atoms with Crippen LogP contribution in [0.4, 0.5) is 11.4 Å². The van der Waals surface area contributed by atoms with Crippen LogP contribution in [0.25, 0.3) is 0 Å². The fourth-order valence-electron chi connectivity index (χ4n) is 2.61. The van der Waals surface area contributed by atoms with Gasteiger partial charge in [-0.25, -0.2) is 4.98 Å². The SMILES string of the molecule is Cc1cccc(NC(=O)c2ccc(N(C)Cc3ccccc3)cn2)c1. The zero-order valence-corrected chi connectivity index (χ0v) is 14.4. The second kappa shape index (κ2) is 7.62. The fraction of sp³-hybridized carbons (Fsp3) is 0.143. The molecule has 0 bridgehead atoms. The number of carbonyl (C=O) groups excluding carboxylic acids is 1.